The van der Waals surface area contributed by atoms with Crippen LogP contribution in [0.15, 0.2) is 67.0 Å². The van der Waals surface area contributed by atoms with Crippen molar-refractivity contribution >= 4 is 21.8 Å². The minimum absolute atomic E-state index is 0.142. The van der Waals surface area contributed by atoms with Gasteiger partial charge in [-0.1, -0.05) is 24.3 Å². The average Bonchev–Trinajstić information content (AvgIpc) is 3.15. The van der Waals surface area contributed by atoms with Crippen LogP contribution in [0.25, 0.3) is 21.8 Å². The number of nitrogens with zero attached hydrogens (tertiary/aromatic N) is 3. The van der Waals surface area contributed by atoms with Crippen molar-refractivity contribution in [3.8, 4) is 5.88 Å². The van der Waals surface area contributed by atoms with Gasteiger partial charge in [0, 0.05) is 34.2 Å². The fourth-order valence-electron chi connectivity index (χ4n) is 3.77. The lowest BCUT2D eigenvalue weighted by Gasteiger charge is -2.12. The molecule has 0 saturated carbocycles. The predicted molar refractivity (Wildman–Crippen MR) is 111 cm³/mol. The molecule has 8 heteroatoms. The number of hydrogen-bond donors (Lipinski definition) is 0. The highest BCUT2D eigenvalue weighted by molar-refractivity contribution is 6.09. The van der Waals surface area contributed by atoms with Crippen molar-refractivity contribution in [1.82, 2.24) is 14.5 Å². The number of para-hydroxylation sites is 1. The molecular formula is C24H15F4N3O. The number of benzene rings is 2. The van der Waals surface area contributed by atoms with E-state index in [0.29, 0.717) is 22.8 Å². The first kappa shape index (κ1) is 20.0. The topological polar surface area (TPSA) is 39.9 Å². The number of fused-ring (bicyclic) bond motifs is 3. The van der Waals surface area contributed by atoms with Crippen LogP contribution in [-0.2, 0) is 13.2 Å². The van der Waals surface area contributed by atoms with E-state index in [-0.39, 0.29) is 24.6 Å². The molecule has 0 radical (unpaired) electrons. The molecule has 5 rings (SSSR count). The number of aromatic nitrogens is 3. The van der Waals surface area contributed by atoms with Crippen LogP contribution in [-0.4, -0.2) is 14.5 Å². The second-order valence-electron chi connectivity index (χ2n) is 7.18. The first-order valence-electron chi connectivity index (χ1n) is 9.75. The number of hydrogen-bond acceptors (Lipinski definition) is 3. The molecule has 2 aromatic carbocycles. The number of ether oxygens (including phenoxy) is 1. The molecule has 160 valence electrons. The molecule has 0 aliphatic carbocycles. The first-order valence-corrected chi connectivity index (χ1v) is 9.75. The molecule has 32 heavy (non-hydrogen) atoms. The van der Waals surface area contributed by atoms with E-state index in [0.717, 1.165) is 10.8 Å². The smallest absolute Gasteiger partial charge is 0.238 e. The Morgan fingerprint density at radius 3 is 2.41 bits per heavy atom. The highest BCUT2D eigenvalue weighted by atomic mass is 19.2. The minimum atomic E-state index is -1.84. The summed E-state index contributed by atoms with van der Waals surface area (Å²) in [6.45, 7) is -0.113. The van der Waals surface area contributed by atoms with Crippen LogP contribution in [0.2, 0.25) is 0 Å². The van der Waals surface area contributed by atoms with Crippen molar-refractivity contribution in [3.63, 3.8) is 0 Å². The lowest BCUT2D eigenvalue weighted by Crippen LogP contribution is -2.08. The van der Waals surface area contributed by atoms with Gasteiger partial charge in [0.2, 0.25) is 5.88 Å². The molecular weight excluding hydrogens is 422 g/mol. The molecule has 0 saturated heterocycles. The standard InChI is InChI=1S/C24H15F4N3O/c25-18-11-14(20(26)22(28)21(18)27)12-31-19-7-2-1-6-16(19)17-8-10-30-24(23(17)31)32-13-15-5-3-4-9-29-15/h1-11H,12-13H2. The van der Waals surface area contributed by atoms with Crippen molar-refractivity contribution in [2.24, 2.45) is 0 Å². The Kier molecular flexibility index (Phi) is 4.97. The maximum Gasteiger partial charge on any atom is 0.238 e. The van der Waals surface area contributed by atoms with Crippen molar-refractivity contribution in [1.29, 1.82) is 0 Å². The van der Waals surface area contributed by atoms with Gasteiger partial charge in [-0.25, -0.2) is 22.5 Å². The van der Waals surface area contributed by atoms with Crippen LogP contribution in [0.1, 0.15) is 11.3 Å². The van der Waals surface area contributed by atoms with Gasteiger partial charge in [0.25, 0.3) is 0 Å². The Bertz CT molecular complexity index is 1450. The van der Waals surface area contributed by atoms with E-state index in [1.807, 2.05) is 18.2 Å². The van der Waals surface area contributed by atoms with Crippen LogP contribution in [0.3, 0.4) is 0 Å². The second kappa shape index (κ2) is 7.96. The summed E-state index contributed by atoms with van der Waals surface area (Å²) in [5.41, 5.74) is 1.56. The molecule has 5 aromatic rings. The molecule has 0 aliphatic heterocycles. The van der Waals surface area contributed by atoms with E-state index >= 15 is 0 Å². The Morgan fingerprint density at radius 2 is 1.59 bits per heavy atom. The Labute approximate surface area is 179 Å². The van der Waals surface area contributed by atoms with E-state index in [9.17, 15) is 17.6 Å². The van der Waals surface area contributed by atoms with Crippen molar-refractivity contribution in [2.45, 2.75) is 13.2 Å². The monoisotopic (exact) mass is 437 g/mol. The van der Waals surface area contributed by atoms with Crippen LogP contribution < -0.4 is 4.74 Å². The van der Waals surface area contributed by atoms with Gasteiger partial charge >= 0.3 is 0 Å². The zero-order valence-corrected chi connectivity index (χ0v) is 16.5. The summed E-state index contributed by atoms with van der Waals surface area (Å²) in [6.07, 6.45) is 3.23. The van der Waals surface area contributed by atoms with Gasteiger partial charge in [-0.2, -0.15) is 0 Å². The summed E-state index contributed by atoms with van der Waals surface area (Å²) in [5.74, 6) is -6.31. The predicted octanol–water partition coefficient (Wildman–Crippen LogP) is 5.77. The average molecular weight is 437 g/mol. The Balaban J connectivity index is 1.67. The third-order valence-corrected chi connectivity index (χ3v) is 5.23. The van der Waals surface area contributed by atoms with E-state index in [1.54, 1.807) is 47.3 Å². The van der Waals surface area contributed by atoms with E-state index in [1.165, 1.54) is 0 Å². The molecule has 0 spiro atoms. The lowest BCUT2D eigenvalue weighted by molar-refractivity contribution is 0.292. The van der Waals surface area contributed by atoms with Gasteiger partial charge in [0.15, 0.2) is 23.3 Å². The van der Waals surface area contributed by atoms with Gasteiger partial charge in [0.1, 0.15) is 12.1 Å². The zero-order valence-electron chi connectivity index (χ0n) is 16.5. The number of pyridine rings is 2. The molecule has 0 atom stereocenters. The maximum atomic E-state index is 14.5. The van der Waals surface area contributed by atoms with Crippen molar-refractivity contribution in [2.75, 3.05) is 0 Å². The summed E-state index contributed by atoms with van der Waals surface area (Å²) in [6, 6.07) is 15.2. The summed E-state index contributed by atoms with van der Waals surface area (Å²) in [7, 11) is 0. The fourth-order valence-corrected chi connectivity index (χ4v) is 3.77. The van der Waals surface area contributed by atoms with E-state index < -0.39 is 23.3 Å². The highest BCUT2D eigenvalue weighted by Crippen LogP contribution is 2.35. The second-order valence-corrected chi connectivity index (χ2v) is 7.18. The third kappa shape index (κ3) is 3.33. The summed E-state index contributed by atoms with van der Waals surface area (Å²) in [4.78, 5) is 8.54. The maximum absolute atomic E-state index is 14.5. The van der Waals surface area contributed by atoms with Gasteiger partial charge in [-0.05, 0) is 30.3 Å². The minimum Gasteiger partial charge on any atom is -0.470 e. The number of rotatable bonds is 5. The zero-order chi connectivity index (χ0) is 22.2. The van der Waals surface area contributed by atoms with Gasteiger partial charge in [0.05, 0.1) is 12.2 Å². The molecule has 0 aliphatic rings. The SMILES string of the molecule is Fc1cc(Cn2c3ccccc3c3ccnc(OCc4ccccn4)c32)c(F)c(F)c1F. The molecule has 3 aromatic heterocycles. The Hall–Kier alpha value is -3.94. The summed E-state index contributed by atoms with van der Waals surface area (Å²) in [5, 5.41) is 1.60. The molecule has 0 bridgehead atoms. The summed E-state index contributed by atoms with van der Waals surface area (Å²) >= 11 is 0. The summed E-state index contributed by atoms with van der Waals surface area (Å²) < 4.78 is 63.2. The fraction of sp³-hybridized carbons (Fsp3) is 0.0833. The van der Waals surface area contributed by atoms with Crippen LogP contribution in [0.5, 0.6) is 5.88 Å². The molecule has 0 N–H and O–H groups in total. The van der Waals surface area contributed by atoms with Crippen LogP contribution >= 0.6 is 0 Å². The van der Waals surface area contributed by atoms with Gasteiger partial charge in [-0.15, -0.1) is 0 Å². The van der Waals surface area contributed by atoms with Gasteiger partial charge < -0.3 is 9.30 Å². The third-order valence-electron chi connectivity index (χ3n) is 5.23. The normalized spacial score (nSPS) is 11.4. The number of halogens is 4. The molecule has 3 heterocycles. The first-order chi connectivity index (χ1) is 15.5. The van der Waals surface area contributed by atoms with Crippen molar-refractivity contribution in [3.05, 3.63) is 102 Å². The molecule has 0 unspecified atom stereocenters. The quantitative estimate of drug-likeness (QED) is 0.199. The highest BCUT2D eigenvalue weighted by Gasteiger charge is 2.22. The van der Waals surface area contributed by atoms with Crippen LogP contribution in [0.4, 0.5) is 17.6 Å². The van der Waals surface area contributed by atoms with Crippen LogP contribution in [0, 0.1) is 23.3 Å². The molecule has 4 nitrogen and oxygen atoms in total. The van der Waals surface area contributed by atoms with Gasteiger partial charge in [-0.3, -0.25) is 4.98 Å². The molecule has 0 amide bonds. The Morgan fingerprint density at radius 1 is 0.781 bits per heavy atom. The molecule has 0 fully saturated rings. The van der Waals surface area contributed by atoms with E-state index in [4.69, 9.17) is 4.74 Å². The lowest BCUT2D eigenvalue weighted by atomic mass is 10.2. The van der Waals surface area contributed by atoms with Crippen molar-refractivity contribution < 1.29 is 22.3 Å². The largest absolute Gasteiger partial charge is 0.470 e. The van der Waals surface area contributed by atoms with E-state index in [2.05, 4.69) is 9.97 Å².